The Balaban J connectivity index is 3.06. The van der Waals surface area contributed by atoms with Gasteiger partial charge in [-0.05, 0) is 13.3 Å². The van der Waals surface area contributed by atoms with Gasteiger partial charge in [0.15, 0.2) is 0 Å². The first-order valence-corrected chi connectivity index (χ1v) is 3.69. The molecule has 2 amide bonds. The van der Waals surface area contributed by atoms with E-state index in [0.717, 1.165) is 0 Å². The monoisotopic (exact) mass is 187 g/mol. The molecule has 0 radical (unpaired) electrons. The third-order valence-electron chi connectivity index (χ3n) is 2.22. The zero-order valence-corrected chi connectivity index (χ0v) is 6.98. The second-order valence-corrected chi connectivity index (χ2v) is 3.09. The Morgan fingerprint density at radius 1 is 1.46 bits per heavy atom. The highest BCUT2D eigenvalue weighted by atomic mass is 16.4. The lowest BCUT2D eigenvalue weighted by Crippen LogP contribution is -2.51. The van der Waals surface area contributed by atoms with Gasteiger partial charge >= 0.3 is 12.1 Å². The highest BCUT2D eigenvalue weighted by Crippen LogP contribution is 2.30. The third-order valence-corrected chi connectivity index (χ3v) is 2.22. The summed E-state index contributed by atoms with van der Waals surface area (Å²) >= 11 is 0. The molecule has 6 nitrogen and oxygen atoms in total. The topological polar surface area (TPSA) is 94.9 Å². The van der Waals surface area contributed by atoms with Gasteiger partial charge < -0.3 is 10.2 Å². The molecule has 1 aliphatic heterocycles. The third kappa shape index (κ3) is 1.24. The fraction of sp³-hybridized carbons (Fsp3) is 0.571. The van der Waals surface area contributed by atoms with Crippen molar-refractivity contribution in [1.82, 2.24) is 4.90 Å². The first-order chi connectivity index (χ1) is 5.89. The van der Waals surface area contributed by atoms with Crippen molar-refractivity contribution in [3.8, 4) is 0 Å². The van der Waals surface area contributed by atoms with Crippen LogP contribution >= 0.6 is 0 Å². The zero-order valence-electron chi connectivity index (χ0n) is 6.98. The van der Waals surface area contributed by atoms with E-state index in [1.807, 2.05) is 0 Å². The van der Waals surface area contributed by atoms with Crippen molar-refractivity contribution in [2.45, 2.75) is 25.3 Å². The number of aliphatic carboxylic acids is 1. The molecule has 1 heterocycles. The van der Waals surface area contributed by atoms with E-state index in [-0.39, 0.29) is 12.8 Å². The minimum Gasteiger partial charge on any atom is -0.479 e. The lowest BCUT2D eigenvalue weighted by atomic mass is 10.00. The molecule has 1 aliphatic rings. The summed E-state index contributed by atoms with van der Waals surface area (Å²) in [5.74, 6) is -1.95. The molecule has 2 N–H and O–H groups in total. The lowest BCUT2D eigenvalue weighted by Gasteiger charge is -2.26. The second-order valence-electron chi connectivity index (χ2n) is 3.09. The molecule has 0 aromatic carbocycles. The maximum absolute atomic E-state index is 11.0. The standard InChI is InChI=1S/C7H9NO5/c1-7(5(10)11)3-2-4(9)8(7)6(12)13/h2-3H2,1H3,(H,10,11)(H,12,13)/t7-/m1/s1. The van der Waals surface area contributed by atoms with Gasteiger partial charge in [-0.2, -0.15) is 0 Å². The average Bonchev–Trinajstić information content (AvgIpc) is 2.28. The highest BCUT2D eigenvalue weighted by molar-refractivity contribution is 6.00. The van der Waals surface area contributed by atoms with Gasteiger partial charge in [-0.1, -0.05) is 0 Å². The van der Waals surface area contributed by atoms with E-state index >= 15 is 0 Å². The van der Waals surface area contributed by atoms with Gasteiger partial charge in [0.25, 0.3) is 0 Å². The van der Waals surface area contributed by atoms with E-state index in [4.69, 9.17) is 10.2 Å². The molecule has 0 aromatic rings. The summed E-state index contributed by atoms with van der Waals surface area (Å²) < 4.78 is 0. The number of likely N-dealkylation sites (tertiary alicyclic amines) is 1. The number of carboxylic acid groups (broad SMARTS) is 2. The van der Waals surface area contributed by atoms with Gasteiger partial charge in [-0.3, -0.25) is 4.79 Å². The maximum atomic E-state index is 11.0. The zero-order chi connectivity index (χ0) is 10.2. The fourth-order valence-corrected chi connectivity index (χ4v) is 1.37. The molecule has 1 rings (SSSR count). The minimum atomic E-state index is -1.59. The largest absolute Gasteiger partial charge is 0.479 e. The van der Waals surface area contributed by atoms with Gasteiger partial charge in [0, 0.05) is 6.42 Å². The van der Waals surface area contributed by atoms with Crippen LogP contribution in [0.4, 0.5) is 4.79 Å². The molecule has 0 unspecified atom stereocenters. The van der Waals surface area contributed by atoms with Crippen molar-refractivity contribution in [2.75, 3.05) is 0 Å². The maximum Gasteiger partial charge on any atom is 0.415 e. The molecule has 72 valence electrons. The number of amides is 2. The molecule has 0 saturated carbocycles. The highest BCUT2D eigenvalue weighted by Gasteiger charge is 2.51. The van der Waals surface area contributed by atoms with E-state index in [2.05, 4.69) is 0 Å². The summed E-state index contributed by atoms with van der Waals surface area (Å²) in [6.45, 7) is 1.23. The van der Waals surface area contributed by atoms with Gasteiger partial charge in [-0.25, -0.2) is 14.5 Å². The van der Waals surface area contributed by atoms with Crippen LogP contribution in [-0.4, -0.2) is 38.6 Å². The number of hydrogen-bond donors (Lipinski definition) is 2. The van der Waals surface area contributed by atoms with Gasteiger partial charge in [-0.15, -0.1) is 0 Å². The van der Waals surface area contributed by atoms with E-state index < -0.39 is 23.5 Å². The van der Waals surface area contributed by atoms with E-state index in [1.165, 1.54) is 6.92 Å². The summed E-state index contributed by atoms with van der Waals surface area (Å²) in [5.41, 5.74) is -1.59. The summed E-state index contributed by atoms with van der Waals surface area (Å²) in [5, 5.41) is 17.4. The van der Waals surface area contributed by atoms with Crippen LogP contribution in [0.1, 0.15) is 19.8 Å². The van der Waals surface area contributed by atoms with Gasteiger partial charge in [0.1, 0.15) is 5.54 Å². The van der Waals surface area contributed by atoms with Crippen LogP contribution in [0.15, 0.2) is 0 Å². The number of carbonyl (C=O) groups excluding carboxylic acids is 1. The van der Waals surface area contributed by atoms with Crippen LogP contribution in [0.25, 0.3) is 0 Å². The van der Waals surface area contributed by atoms with Crippen molar-refractivity contribution in [3.63, 3.8) is 0 Å². The van der Waals surface area contributed by atoms with Crippen LogP contribution in [0, 0.1) is 0 Å². The molecule has 1 atom stereocenters. The quantitative estimate of drug-likeness (QED) is 0.608. The van der Waals surface area contributed by atoms with Crippen LogP contribution in [0.5, 0.6) is 0 Å². The molecule has 13 heavy (non-hydrogen) atoms. The molecular weight excluding hydrogens is 178 g/mol. The number of rotatable bonds is 1. The van der Waals surface area contributed by atoms with Crippen molar-refractivity contribution < 1.29 is 24.6 Å². The summed E-state index contributed by atoms with van der Waals surface area (Å²) in [4.78, 5) is 32.7. The number of carboxylic acids is 1. The number of nitrogens with zero attached hydrogens (tertiary/aromatic N) is 1. The molecule has 6 heteroatoms. The Bertz CT molecular complexity index is 287. The van der Waals surface area contributed by atoms with Crippen LogP contribution in [0.2, 0.25) is 0 Å². The number of hydrogen-bond acceptors (Lipinski definition) is 3. The lowest BCUT2D eigenvalue weighted by molar-refractivity contribution is -0.151. The minimum absolute atomic E-state index is 0.0326. The Hall–Kier alpha value is -1.59. The SMILES string of the molecule is C[C@]1(C(=O)O)CCC(=O)N1C(=O)O. The van der Waals surface area contributed by atoms with E-state index in [0.29, 0.717) is 4.90 Å². The Morgan fingerprint density at radius 2 is 2.00 bits per heavy atom. The first kappa shape index (κ1) is 9.50. The Kier molecular flexibility index (Phi) is 1.99. The predicted molar refractivity (Wildman–Crippen MR) is 40.1 cm³/mol. The average molecular weight is 187 g/mol. The fourth-order valence-electron chi connectivity index (χ4n) is 1.37. The predicted octanol–water partition coefficient (Wildman–Crippen LogP) is 0.130. The molecule has 0 aliphatic carbocycles. The van der Waals surface area contributed by atoms with E-state index in [1.54, 1.807) is 0 Å². The van der Waals surface area contributed by atoms with Gasteiger partial charge in [0.2, 0.25) is 5.91 Å². The normalized spacial score (nSPS) is 27.8. The van der Waals surface area contributed by atoms with E-state index in [9.17, 15) is 14.4 Å². The molecule has 1 fully saturated rings. The second kappa shape index (κ2) is 2.72. The summed E-state index contributed by atoms with van der Waals surface area (Å²) in [7, 11) is 0. The molecule has 0 aromatic heterocycles. The first-order valence-electron chi connectivity index (χ1n) is 3.69. The van der Waals surface area contributed by atoms with Crippen LogP contribution in [0.3, 0.4) is 0 Å². The summed E-state index contributed by atoms with van der Waals surface area (Å²) in [6, 6.07) is 0. The van der Waals surface area contributed by atoms with Crippen LogP contribution < -0.4 is 0 Å². The van der Waals surface area contributed by atoms with Crippen molar-refractivity contribution in [2.24, 2.45) is 0 Å². The molecule has 0 bridgehead atoms. The Morgan fingerprint density at radius 3 is 2.31 bits per heavy atom. The molecular formula is C7H9NO5. The molecule has 1 saturated heterocycles. The summed E-state index contributed by atoms with van der Waals surface area (Å²) in [6.07, 6.45) is -1.50. The molecule has 0 spiro atoms. The number of carbonyl (C=O) groups is 3. The van der Waals surface area contributed by atoms with Crippen molar-refractivity contribution in [3.05, 3.63) is 0 Å². The van der Waals surface area contributed by atoms with Crippen LogP contribution in [-0.2, 0) is 9.59 Å². The smallest absolute Gasteiger partial charge is 0.415 e. The van der Waals surface area contributed by atoms with Crippen molar-refractivity contribution >= 4 is 18.0 Å². The van der Waals surface area contributed by atoms with Gasteiger partial charge in [0.05, 0.1) is 0 Å². The number of imide groups is 1. The van der Waals surface area contributed by atoms with Crippen molar-refractivity contribution in [1.29, 1.82) is 0 Å². The Labute approximate surface area is 73.8 Å².